The Morgan fingerprint density at radius 1 is 1.17 bits per heavy atom. The van der Waals surface area contributed by atoms with Gasteiger partial charge in [0.2, 0.25) is 0 Å². The quantitative estimate of drug-likeness (QED) is 0.661. The molecule has 0 radical (unpaired) electrons. The predicted octanol–water partition coefficient (Wildman–Crippen LogP) is 3.35. The van der Waals surface area contributed by atoms with Gasteiger partial charge < -0.3 is 10.1 Å². The number of hydrogen-bond acceptors (Lipinski definition) is 4. The zero-order chi connectivity index (χ0) is 13.0. The highest BCUT2D eigenvalue weighted by atomic mass is 16.6. The lowest BCUT2D eigenvalue weighted by molar-refractivity contribution is -0.383. The Hall–Kier alpha value is -2.56. The molecule has 18 heavy (non-hydrogen) atoms. The maximum Gasteiger partial charge on any atom is 0.292 e. The van der Waals surface area contributed by atoms with Crippen LogP contribution in [0.1, 0.15) is 0 Å². The average molecular weight is 244 g/mol. The molecule has 0 aliphatic carbocycles. The lowest BCUT2D eigenvalue weighted by Crippen LogP contribution is -1.97. The minimum atomic E-state index is -0.426. The van der Waals surface area contributed by atoms with Crippen LogP contribution >= 0.6 is 0 Å². The van der Waals surface area contributed by atoms with Crippen LogP contribution in [0.2, 0.25) is 0 Å². The zero-order valence-electron chi connectivity index (χ0n) is 9.79. The average Bonchev–Trinajstić information content (AvgIpc) is 2.39. The Kier molecular flexibility index (Phi) is 3.43. The second kappa shape index (κ2) is 5.18. The minimum Gasteiger partial charge on any atom is -0.497 e. The van der Waals surface area contributed by atoms with E-state index in [4.69, 9.17) is 4.74 Å². The molecule has 0 heterocycles. The van der Waals surface area contributed by atoms with E-state index in [0.717, 1.165) is 5.69 Å². The van der Waals surface area contributed by atoms with Crippen LogP contribution in [-0.4, -0.2) is 12.0 Å². The number of para-hydroxylation sites is 1. The van der Waals surface area contributed by atoms with Gasteiger partial charge in [0.15, 0.2) is 0 Å². The maximum atomic E-state index is 10.9. The number of hydrogen-bond donors (Lipinski definition) is 1. The fraction of sp³-hybridized carbons (Fsp3) is 0.0769. The van der Waals surface area contributed by atoms with Gasteiger partial charge in [-0.1, -0.05) is 18.2 Å². The van der Waals surface area contributed by atoms with Crippen molar-refractivity contribution in [3.05, 3.63) is 58.6 Å². The van der Waals surface area contributed by atoms with E-state index in [0.29, 0.717) is 11.4 Å². The number of nitro benzene ring substituents is 1. The van der Waals surface area contributed by atoms with Crippen molar-refractivity contribution in [1.82, 2.24) is 0 Å². The highest BCUT2D eigenvalue weighted by Crippen LogP contribution is 2.31. The van der Waals surface area contributed by atoms with Crippen LogP contribution in [0.3, 0.4) is 0 Å². The summed E-state index contributed by atoms with van der Waals surface area (Å²) in [7, 11) is 1.52. The summed E-state index contributed by atoms with van der Waals surface area (Å²) >= 11 is 0. The first-order valence-electron chi connectivity index (χ1n) is 5.35. The van der Waals surface area contributed by atoms with Crippen molar-refractivity contribution in [2.24, 2.45) is 0 Å². The highest BCUT2D eigenvalue weighted by molar-refractivity contribution is 5.71. The standard InChI is InChI=1S/C13H12N2O3/c1-18-11-7-8-13(15(16)17)12(9-11)14-10-5-3-2-4-6-10/h2-9,14H,1H3. The number of benzene rings is 2. The smallest absolute Gasteiger partial charge is 0.292 e. The molecule has 0 unspecified atom stereocenters. The van der Waals surface area contributed by atoms with Gasteiger partial charge in [-0.3, -0.25) is 10.1 Å². The van der Waals surface area contributed by atoms with Gasteiger partial charge in [0.05, 0.1) is 12.0 Å². The molecule has 0 aliphatic heterocycles. The fourth-order valence-electron chi connectivity index (χ4n) is 1.58. The minimum absolute atomic E-state index is 0.0136. The van der Waals surface area contributed by atoms with Crippen LogP contribution in [0.5, 0.6) is 5.75 Å². The normalized spacial score (nSPS) is 9.83. The molecule has 92 valence electrons. The molecule has 2 aromatic carbocycles. The monoisotopic (exact) mass is 244 g/mol. The number of nitrogens with one attached hydrogen (secondary N) is 1. The van der Waals surface area contributed by atoms with E-state index in [-0.39, 0.29) is 5.69 Å². The van der Waals surface area contributed by atoms with Gasteiger partial charge in [-0.15, -0.1) is 0 Å². The molecule has 5 heteroatoms. The van der Waals surface area contributed by atoms with Gasteiger partial charge in [0, 0.05) is 17.8 Å². The Labute approximate surface area is 104 Å². The molecule has 2 rings (SSSR count). The first-order valence-corrected chi connectivity index (χ1v) is 5.35. The zero-order valence-corrected chi connectivity index (χ0v) is 9.79. The lowest BCUT2D eigenvalue weighted by atomic mass is 10.2. The molecular formula is C13H12N2O3. The first kappa shape index (κ1) is 11.9. The molecule has 0 atom stereocenters. The topological polar surface area (TPSA) is 64.4 Å². The first-order chi connectivity index (χ1) is 8.70. The van der Waals surface area contributed by atoms with Crippen molar-refractivity contribution < 1.29 is 9.66 Å². The third-order valence-corrected chi connectivity index (χ3v) is 2.45. The Balaban J connectivity index is 2.38. The number of methoxy groups -OCH3 is 1. The number of nitro groups is 1. The van der Waals surface area contributed by atoms with E-state index in [1.165, 1.54) is 13.2 Å². The molecule has 0 aromatic heterocycles. The van der Waals surface area contributed by atoms with Crippen molar-refractivity contribution in [2.45, 2.75) is 0 Å². The van der Waals surface area contributed by atoms with Crippen LogP contribution in [0.4, 0.5) is 17.1 Å². The van der Waals surface area contributed by atoms with Crippen molar-refractivity contribution in [2.75, 3.05) is 12.4 Å². The summed E-state index contributed by atoms with van der Waals surface area (Å²) in [5.74, 6) is 0.569. The fourth-order valence-corrected chi connectivity index (χ4v) is 1.58. The van der Waals surface area contributed by atoms with Crippen molar-refractivity contribution in [1.29, 1.82) is 0 Å². The van der Waals surface area contributed by atoms with Gasteiger partial charge in [-0.25, -0.2) is 0 Å². The van der Waals surface area contributed by atoms with Crippen molar-refractivity contribution in [3.63, 3.8) is 0 Å². The van der Waals surface area contributed by atoms with Crippen molar-refractivity contribution >= 4 is 17.1 Å². The molecule has 2 aromatic rings. The second-order valence-corrected chi connectivity index (χ2v) is 3.63. The SMILES string of the molecule is COc1ccc([N+](=O)[O-])c(Nc2ccccc2)c1. The van der Waals surface area contributed by atoms with Crippen LogP contribution < -0.4 is 10.1 Å². The molecule has 1 N–H and O–H groups in total. The molecule has 0 bridgehead atoms. The van der Waals surface area contributed by atoms with E-state index < -0.39 is 4.92 Å². The predicted molar refractivity (Wildman–Crippen MR) is 69.4 cm³/mol. The summed E-state index contributed by atoms with van der Waals surface area (Å²) in [6, 6.07) is 13.9. The molecule has 0 saturated heterocycles. The van der Waals surface area contributed by atoms with E-state index in [1.54, 1.807) is 12.1 Å². The largest absolute Gasteiger partial charge is 0.497 e. The molecular weight excluding hydrogens is 232 g/mol. The molecule has 0 amide bonds. The van der Waals surface area contributed by atoms with Gasteiger partial charge >= 0.3 is 0 Å². The van der Waals surface area contributed by atoms with Gasteiger partial charge in [-0.2, -0.15) is 0 Å². The summed E-state index contributed by atoms with van der Waals surface area (Å²) in [6.07, 6.45) is 0. The third-order valence-electron chi connectivity index (χ3n) is 2.45. The van der Waals surface area contributed by atoms with Crippen LogP contribution in [0.15, 0.2) is 48.5 Å². The summed E-state index contributed by atoms with van der Waals surface area (Å²) in [5, 5.41) is 13.9. The van der Waals surface area contributed by atoms with Gasteiger partial charge in [0.1, 0.15) is 11.4 Å². The molecule has 5 nitrogen and oxygen atoms in total. The van der Waals surface area contributed by atoms with Gasteiger partial charge in [-0.05, 0) is 18.2 Å². The van der Waals surface area contributed by atoms with Crippen LogP contribution in [-0.2, 0) is 0 Å². The van der Waals surface area contributed by atoms with Crippen LogP contribution in [0.25, 0.3) is 0 Å². The Bertz CT molecular complexity index is 555. The summed E-state index contributed by atoms with van der Waals surface area (Å²) in [4.78, 5) is 10.5. The number of anilines is 2. The second-order valence-electron chi connectivity index (χ2n) is 3.63. The lowest BCUT2D eigenvalue weighted by Gasteiger charge is -2.08. The van der Waals surface area contributed by atoms with Crippen LogP contribution in [0, 0.1) is 10.1 Å². The van der Waals surface area contributed by atoms with E-state index in [1.807, 2.05) is 30.3 Å². The third kappa shape index (κ3) is 2.57. The number of ether oxygens (including phenoxy) is 1. The number of nitrogens with zero attached hydrogens (tertiary/aromatic N) is 1. The summed E-state index contributed by atoms with van der Waals surface area (Å²) in [5.41, 5.74) is 1.21. The molecule has 0 spiro atoms. The molecule has 0 aliphatic rings. The van der Waals surface area contributed by atoms with E-state index in [2.05, 4.69) is 5.32 Å². The molecule has 0 fully saturated rings. The van der Waals surface area contributed by atoms with E-state index in [9.17, 15) is 10.1 Å². The van der Waals surface area contributed by atoms with Gasteiger partial charge in [0.25, 0.3) is 5.69 Å². The maximum absolute atomic E-state index is 10.9. The Morgan fingerprint density at radius 3 is 2.50 bits per heavy atom. The summed E-state index contributed by atoms with van der Waals surface area (Å²) in [6.45, 7) is 0. The molecule has 0 saturated carbocycles. The Morgan fingerprint density at radius 2 is 1.89 bits per heavy atom. The summed E-state index contributed by atoms with van der Waals surface area (Å²) < 4.78 is 5.06. The number of rotatable bonds is 4. The van der Waals surface area contributed by atoms with Crippen molar-refractivity contribution in [3.8, 4) is 5.75 Å². The van der Waals surface area contributed by atoms with E-state index >= 15 is 0 Å². The highest BCUT2D eigenvalue weighted by Gasteiger charge is 2.14.